The van der Waals surface area contributed by atoms with E-state index >= 15 is 0 Å². The first-order valence-electron chi connectivity index (χ1n) is 3.78. The molecule has 0 saturated heterocycles. The largest absolute Gasteiger partial charge is 0.273 e. The number of hydrogen-bond acceptors (Lipinski definition) is 2. The van der Waals surface area contributed by atoms with Crippen molar-refractivity contribution in [3.8, 4) is 0 Å². The smallest absolute Gasteiger partial charge is 0.268 e. The van der Waals surface area contributed by atoms with E-state index in [0.717, 1.165) is 3.93 Å². The molecule has 0 spiro atoms. The van der Waals surface area contributed by atoms with Crippen molar-refractivity contribution in [2.75, 3.05) is 0 Å². The average Bonchev–Trinajstić information content (AvgIpc) is 2.48. The van der Waals surface area contributed by atoms with E-state index in [9.17, 15) is 9.59 Å². The molecule has 1 aromatic carbocycles. The summed E-state index contributed by atoms with van der Waals surface area (Å²) in [4.78, 5) is 23.5. The zero-order valence-corrected chi connectivity index (χ0v) is 14.3. The number of rotatable bonds is 0. The maximum atomic E-state index is 11.8. The second-order valence-electron chi connectivity index (χ2n) is 2.90. The van der Waals surface area contributed by atoms with E-state index in [1.54, 1.807) is 0 Å². The minimum absolute atomic E-state index is 0.186. The number of carbonyl (C=O) groups is 2. The Bertz CT molecular complexity index is 499. The molecular formula is C8Br4ClNO2. The zero-order valence-electron chi connectivity index (χ0n) is 7.15. The molecule has 1 aliphatic rings. The van der Waals surface area contributed by atoms with E-state index in [-0.39, 0.29) is 16.1 Å². The molecule has 0 unspecified atom stereocenters. The van der Waals surface area contributed by atoms with Gasteiger partial charge in [0, 0.05) is 8.95 Å². The Hall–Kier alpha value is 0.570. The fourth-order valence-electron chi connectivity index (χ4n) is 1.32. The lowest BCUT2D eigenvalue weighted by Gasteiger charge is -2.06. The monoisotopic (exact) mass is 493 g/mol. The van der Waals surface area contributed by atoms with Crippen LogP contribution in [0.2, 0.25) is 5.02 Å². The highest BCUT2D eigenvalue weighted by molar-refractivity contribution is 9.14. The fraction of sp³-hybridized carbons (Fsp3) is 0. The van der Waals surface area contributed by atoms with Gasteiger partial charge < -0.3 is 0 Å². The van der Waals surface area contributed by atoms with Crippen LogP contribution in [0.5, 0.6) is 0 Å². The molecule has 0 aromatic heterocycles. The van der Waals surface area contributed by atoms with Crippen LogP contribution in [0, 0.1) is 0 Å². The number of benzene rings is 1. The maximum absolute atomic E-state index is 11.8. The molecule has 2 amide bonds. The normalized spacial score (nSPS) is 14.7. The molecule has 0 radical (unpaired) electrons. The molecule has 2 rings (SSSR count). The highest BCUT2D eigenvalue weighted by atomic mass is 79.9. The van der Waals surface area contributed by atoms with E-state index in [1.165, 1.54) is 0 Å². The van der Waals surface area contributed by atoms with Crippen LogP contribution in [0.15, 0.2) is 13.4 Å². The topological polar surface area (TPSA) is 37.4 Å². The minimum atomic E-state index is -0.473. The van der Waals surface area contributed by atoms with Crippen molar-refractivity contribution in [3.05, 3.63) is 29.6 Å². The van der Waals surface area contributed by atoms with Gasteiger partial charge in [0.15, 0.2) is 0 Å². The van der Waals surface area contributed by atoms with E-state index < -0.39 is 11.8 Å². The van der Waals surface area contributed by atoms with Gasteiger partial charge in [-0.05, 0) is 47.8 Å². The Morgan fingerprint density at radius 3 is 1.94 bits per heavy atom. The molecule has 3 nitrogen and oxygen atoms in total. The standard InChI is InChI=1S/C8Br4ClNO2/c9-3-1-2(6(13)5(11)4(3)10)8(16)14(12)7(1)15. The third kappa shape index (κ3) is 1.63. The van der Waals surface area contributed by atoms with Gasteiger partial charge in [0.1, 0.15) is 0 Å². The van der Waals surface area contributed by atoms with Gasteiger partial charge in [-0.25, -0.2) is 3.93 Å². The van der Waals surface area contributed by atoms with Crippen LogP contribution in [0.25, 0.3) is 0 Å². The van der Waals surface area contributed by atoms with Gasteiger partial charge in [-0.3, -0.25) is 9.59 Å². The summed E-state index contributed by atoms with van der Waals surface area (Å²) in [5.74, 6) is -0.916. The van der Waals surface area contributed by atoms with Crippen molar-refractivity contribution in [2.45, 2.75) is 0 Å². The highest BCUT2D eigenvalue weighted by Gasteiger charge is 2.40. The Labute approximate surface area is 129 Å². The molecule has 8 heteroatoms. The summed E-state index contributed by atoms with van der Waals surface area (Å²) in [7, 11) is 0. The number of hydrogen-bond donors (Lipinski definition) is 0. The van der Waals surface area contributed by atoms with Crippen LogP contribution in [0.3, 0.4) is 0 Å². The van der Waals surface area contributed by atoms with Gasteiger partial charge in [-0.15, -0.1) is 0 Å². The Morgan fingerprint density at radius 1 is 0.875 bits per heavy atom. The Kier molecular flexibility index (Phi) is 3.54. The summed E-state index contributed by atoms with van der Waals surface area (Å²) >= 11 is 18.7. The minimum Gasteiger partial charge on any atom is -0.268 e. The van der Waals surface area contributed by atoms with E-state index in [2.05, 4.69) is 63.9 Å². The molecular weight excluding hydrogens is 497 g/mol. The molecule has 0 fully saturated rings. The van der Waals surface area contributed by atoms with E-state index in [1.807, 2.05) is 0 Å². The molecule has 16 heavy (non-hydrogen) atoms. The SMILES string of the molecule is O=C1c2c(Cl)c(Br)c(Br)c(Br)c2C(=O)N1Br. The number of imide groups is 1. The maximum Gasteiger partial charge on any atom is 0.273 e. The van der Waals surface area contributed by atoms with Crippen molar-refractivity contribution < 1.29 is 9.59 Å². The van der Waals surface area contributed by atoms with Crippen LogP contribution in [0.1, 0.15) is 20.7 Å². The van der Waals surface area contributed by atoms with Gasteiger partial charge in [0.05, 0.1) is 36.8 Å². The van der Waals surface area contributed by atoms with Crippen LogP contribution < -0.4 is 0 Å². The number of carbonyl (C=O) groups excluding carboxylic acids is 2. The lowest BCUT2D eigenvalue weighted by atomic mass is 10.1. The van der Waals surface area contributed by atoms with Crippen LogP contribution in [0.4, 0.5) is 0 Å². The molecule has 1 aromatic rings. The number of fused-ring (bicyclic) bond motifs is 1. The van der Waals surface area contributed by atoms with Gasteiger partial charge in [0.25, 0.3) is 11.8 Å². The molecule has 0 N–H and O–H groups in total. The van der Waals surface area contributed by atoms with Crippen LogP contribution in [-0.2, 0) is 0 Å². The summed E-state index contributed by atoms with van der Waals surface area (Å²) in [6.45, 7) is 0. The number of amides is 2. The predicted molar refractivity (Wildman–Crippen MR) is 74.0 cm³/mol. The van der Waals surface area contributed by atoms with Gasteiger partial charge in [-0.2, -0.15) is 0 Å². The molecule has 0 atom stereocenters. The molecule has 1 aliphatic heterocycles. The first-order chi connectivity index (χ1) is 7.37. The first-order valence-corrected chi connectivity index (χ1v) is 7.25. The number of halogens is 5. The fourth-order valence-corrected chi connectivity index (χ4v) is 3.69. The molecule has 0 bridgehead atoms. The van der Waals surface area contributed by atoms with Crippen molar-refractivity contribution in [2.24, 2.45) is 0 Å². The zero-order chi connectivity index (χ0) is 12.2. The highest BCUT2D eigenvalue weighted by Crippen LogP contribution is 2.45. The predicted octanol–water partition coefficient (Wildman–Crippen LogP) is 4.53. The summed E-state index contributed by atoms with van der Waals surface area (Å²) in [5.41, 5.74) is 0.437. The van der Waals surface area contributed by atoms with Gasteiger partial charge >= 0.3 is 0 Å². The second-order valence-corrected chi connectivity index (χ2v) is 6.36. The van der Waals surface area contributed by atoms with Crippen molar-refractivity contribution >= 4 is 87.4 Å². The van der Waals surface area contributed by atoms with Crippen molar-refractivity contribution in [1.29, 1.82) is 0 Å². The molecule has 84 valence electrons. The Balaban J connectivity index is 2.91. The summed E-state index contributed by atoms with van der Waals surface area (Å²) < 4.78 is 2.48. The molecule has 0 saturated carbocycles. The third-order valence-corrected chi connectivity index (χ3v) is 6.75. The van der Waals surface area contributed by atoms with Gasteiger partial charge in [0.2, 0.25) is 0 Å². The summed E-state index contributed by atoms with van der Waals surface area (Å²) in [6.07, 6.45) is 0. The quantitative estimate of drug-likeness (QED) is 0.229. The van der Waals surface area contributed by atoms with Crippen LogP contribution in [-0.4, -0.2) is 15.7 Å². The lowest BCUT2D eigenvalue weighted by Crippen LogP contribution is -2.17. The van der Waals surface area contributed by atoms with Crippen molar-refractivity contribution in [3.63, 3.8) is 0 Å². The Morgan fingerprint density at radius 2 is 1.38 bits per heavy atom. The average molecular weight is 497 g/mol. The molecule has 1 heterocycles. The summed E-state index contributed by atoms with van der Waals surface area (Å²) in [6, 6.07) is 0. The summed E-state index contributed by atoms with van der Waals surface area (Å²) in [5, 5.41) is 0.213. The molecule has 0 aliphatic carbocycles. The second kappa shape index (κ2) is 4.35. The van der Waals surface area contributed by atoms with E-state index in [4.69, 9.17) is 11.6 Å². The first kappa shape index (κ1) is 13.0. The lowest BCUT2D eigenvalue weighted by molar-refractivity contribution is 0.0785. The van der Waals surface area contributed by atoms with Crippen molar-refractivity contribution in [1.82, 2.24) is 3.93 Å². The van der Waals surface area contributed by atoms with Crippen LogP contribution >= 0.6 is 75.5 Å². The van der Waals surface area contributed by atoms with Gasteiger partial charge in [-0.1, -0.05) is 11.6 Å². The number of nitrogens with zero attached hydrogens (tertiary/aromatic N) is 1. The third-order valence-electron chi connectivity index (χ3n) is 2.05. The van der Waals surface area contributed by atoms with E-state index in [0.29, 0.717) is 13.4 Å².